The molecule has 0 amide bonds. The first-order valence-corrected chi connectivity index (χ1v) is 6.98. The molecule has 0 aromatic heterocycles. The molecule has 20 heavy (non-hydrogen) atoms. The van der Waals surface area contributed by atoms with E-state index in [-0.39, 0.29) is 11.2 Å². The zero-order chi connectivity index (χ0) is 15.2. The molecule has 0 atom stereocenters. The van der Waals surface area contributed by atoms with Crippen molar-refractivity contribution in [2.45, 2.75) is 33.1 Å². The van der Waals surface area contributed by atoms with Gasteiger partial charge in [-0.1, -0.05) is 13.8 Å². The summed E-state index contributed by atoms with van der Waals surface area (Å²) in [4.78, 5) is 0. The smallest absolute Gasteiger partial charge is 0.163 e. The van der Waals surface area contributed by atoms with Crippen molar-refractivity contribution in [3.05, 3.63) is 23.5 Å². The minimum absolute atomic E-state index is 0.183. The first-order chi connectivity index (χ1) is 9.43. The van der Waals surface area contributed by atoms with E-state index in [0.29, 0.717) is 23.5 Å². The van der Waals surface area contributed by atoms with Crippen LogP contribution in [-0.4, -0.2) is 27.8 Å². The van der Waals surface area contributed by atoms with Crippen molar-refractivity contribution in [1.29, 1.82) is 0 Å². The van der Waals surface area contributed by atoms with Gasteiger partial charge in [-0.15, -0.1) is 0 Å². The summed E-state index contributed by atoms with van der Waals surface area (Å²) in [5.41, 5.74) is 0.864. The highest BCUT2D eigenvalue weighted by Gasteiger charge is 2.19. The third-order valence-electron chi connectivity index (χ3n) is 3.68. The molecule has 0 spiro atoms. The van der Waals surface area contributed by atoms with Gasteiger partial charge in [0.05, 0.1) is 14.2 Å². The Kier molecular flexibility index (Phi) is 6.27. The van der Waals surface area contributed by atoms with Crippen LogP contribution in [0.2, 0.25) is 0 Å². The van der Waals surface area contributed by atoms with E-state index in [1.54, 1.807) is 13.2 Å². The fraction of sp³-hybridized carbons (Fsp3) is 0.625. The van der Waals surface area contributed by atoms with Crippen molar-refractivity contribution in [2.24, 2.45) is 5.41 Å². The van der Waals surface area contributed by atoms with Gasteiger partial charge >= 0.3 is 0 Å². The van der Waals surface area contributed by atoms with E-state index in [4.69, 9.17) is 9.47 Å². The molecule has 1 N–H and O–H groups in total. The number of benzene rings is 1. The molecule has 0 aliphatic heterocycles. The summed E-state index contributed by atoms with van der Waals surface area (Å²) < 4.78 is 24.4. The van der Waals surface area contributed by atoms with Gasteiger partial charge in [0.2, 0.25) is 0 Å². The Balaban J connectivity index is 2.77. The maximum atomic E-state index is 14.0. The Labute approximate surface area is 121 Å². The van der Waals surface area contributed by atoms with Crippen LogP contribution in [0, 0.1) is 11.2 Å². The fourth-order valence-corrected chi connectivity index (χ4v) is 2.15. The summed E-state index contributed by atoms with van der Waals surface area (Å²) in [5.74, 6) is 0.784. The third-order valence-corrected chi connectivity index (χ3v) is 3.68. The van der Waals surface area contributed by atoms with Crippen LogP contribution in [0.15, 0.2) is 12.1 Å². The minimum Gasteiger partial charge on any atom is -0.493 e. The van der Waals surface area contributed by atoms with Gasteiger partial charge in [0, 0.05) is 6.07 Å². The molecule has 0 saturated carbocycles. The number of aryl methyl sites for hydroxylation is 1. The lowest BCUT2D eigenvalue weighted by atomic mass is 9.83. The number of hydrogen-bond donors (Lipinski definition) is 1. The van der Waals surface area contributed by atoms with Gasteiger partial charge in [-0.05, 0) is 49.9 Å². The van der Waals surface area contributed by atoms with Crippen molar-refractivity contribution in [3.8, 4) is 11.5 Å². The largest absolute Gasteiger partial charge is 0.493 e. The Bertz CT molecular complexity index is 433. The molecular weight excluding hydrogens is 257 g/mol. The quantitative estimate of drug-likeness (QED) is 0.793. The van der Waals surface area contributed by atoms with Gasteiger partial charge in [-0.3, -0.25) is 0 Å². The van der Waals surface area contributed by atoms with Crippen molar-refractivity contribution in [1.82, 2.24) is 5.32 Å². The predicted molar refractivity (Wildman–Crippen MR) is 80.1 cm³/mol. The molecule has 3 nitrogen and oxygen atoms in total. The van der Waals surface area contributed by atoms with E-state index >= 15 is 0 Å². The third kappa shape index (κ3) is 4.67. The maximum absolute atomic E-state index is 14.0. The molecular formula is C16H26FNO2. The van der Waals surface area contributed by atoms with Crippen LogP contribution < -0.4 is 14.8 Å². The van der Waals surface area contributed by atoms with Crippen molar-refractivity contribution in [3.63, 3.8) is 0 Å². The van der Waals surface area contributed by atoms with E-state index in [0.717, 1.165) is 19.4 Å². The van der Waals surface area contributed by atoms with Gasteiger partial charge in [-0.25, -0.2) is 4.39 Å². The van der Waals surface area contributed by atoms with Gasteiger partial charge in [0.15, 0.2) is 11.5 Å². The van der Waals surface area contributed by atoms with E-state index in [1.165, 1.54) is 13.2 Å². The lowest BCUT2D eigenvalue weighted by Gasteiger charge is -2.24. The van der Waals surface area contributed by atoms with Crippen LogP contribution >= 0.6 is 0 Å². The first-order valence-electron chi connectivity index (χ1n) is 6.98. The zero-order valence-corrected chi connectivity index (χ0v) is 13.2. The summed E-state index contributed by atoms with van der Waals surface area (Å²) in [6.45, 7) is 5.40. The SMILES string of the molecule is CNCCC(C)(C)CCc1cc(OC)c(OC)cc1F. The van der Waals surface area contributed by atoms with Gasteiger partial charge in [0.25, 0.3) is 0 Å². The highest BCUT2D eigenvalue weighted by Crippen LogP contribution is 2.32. The second-order valence-corrected chi connectivity index (χ2v) is 5.82. The topological polar surface area (TPSA) is 30.5 Å². The second-order valence-electron chi connectivity index (χ2n) is 5.82. The van der Waals surface area contributed by atoms with Crippen LogP contribution in [0.5, 0.6) is 11.5 Å². The van der Waals surface area contributed by atoms with Crippen LogP contribution in [-0.2, 0) is 6.42 Å². The number of methoxy groups -OCH3 is 2. The van der Waals surface area contributed by atoms with Crippen LogP contribution in [0.1, 0.15) is 32.3 Å². The number of halogens is 1. The van der Waals surface area contributed by atoms with E-state index in [2.05, 4.69) is 19.2 Å². The average Bonchev–Trinajstić information content (AvgIpc) is 2.43. The van der Waals surface area contributed by atoms with Crippen LogP contribution in [0.3, 0.4) is 0 Å². The molecule has 1 aromatic rings. The van der Waals surface area contributed by atoms with Crippen LogP contribution in [0.25, 0.3) is 0 Å². The second kappa shape index (κ2) is 7.48. The fourth-order valence-electron chi connectivity index (χ4n) is 2.15. The van der Waals surface area contributed by atoms with Gasteiger partial charge in [-0.2, -0.15) is 0 Å². The molecule has 0 heterocycles. The number of rotatable bonds is 8. The summed E-state index contributed by atoms with van der Waals surface area (Å²) in [5, 5.41) is 3.16. The monoisotopic (exact) mass is 283 g/mol. The first kappa shape index (κ1) is 16.8. The molecule has 0 radical (unpaired) electrons. The Morgan fingerprint density at radius 1 is 1.10 bits per heavy atom. The Morgan fingerprint density at radius 3 is 2.25 bits per heavy atom. The molecule has 114 valence electrons. The van der Waals surface area contributed by atoms with E-state index in [9.17, 15) is 4.39 Å². The minimum atomic E-state index is -0.230. The highest BCUT2D eigenvalue weighted by molar-refractivity contribution is 5.43. The predicted octanol–water partition coefficient (Wildman–Crippen LogP) is 3.41. The van der Waals surface area contributed by atoms with E-state index < -0.39 is 0 Å². The molecule has 0 bridgehead atoms. The summed E-state index contributed by atoms with van der Waals surface area (Å²) >= 11 is 0. The van der Waals surface area contributed by atoms with E-state index in [1.807, 2.05) is 7.05 Å². The normalized spacial score (nSPS) is 11.5. The average molecular weight is 283 g/mol. The van der Waals surface area contributed by atoms with Crippen LogP contribution in [0.4, 0.5) is 4.39 Å². The lowest BCUT2D eigenvalue weighted by Crippen LogP contribution is -2.20. The van der Waals surface area contributed by atoms with Crippen molar-refractivity contribution in [2.75, 3.05) is 27.8 Å². The number of ether oxygens (including phenoxy) is 2. The Morgan fingerprint density at radius 2 is 1.70 bits per heavy atom. The molecule has 1 aromatic carbocycles. The zero-order valence-electron chi connectivity index (χ0n) is 13.2. The molecule has 0 unspecified atom stereocenters. The number of nitrogens with one attached hydrogen (secondary N) is 1. The molecule has 0 aliphatic rings. The molecule has 0 fully saturated rings. The molecule has 4 heteroatoms. The molecule has 1 rings (SSSR count). The Hall–Kier alpha value is -1.29. The number of hydrogen-bond acceptors (Lipinski definition) is 3. The maximum Gasteiger partial charge on any atom is 0.163 e. The lowest BCUT2D eigenvalue weighted by molar-refractivity contribution is 0.303. The highest BCUT2D eigenvalue weighted by atomic mass is 19.1. The molecule has 0 saturated heterocycles. The summed E-state index contributed by atoms with van der Waals surface area (Å²) in [6, 6.07) is 3.14. The van der Waals surface area contributed by atoms with Gasteiger partial charge < -0.3 is 14.8 Å². The summed E-state index contributed by atoms with van der Waals surface area (Å²) in [6.07, 6.45) is 2.70. The molecule has 0 aliphatic carbocycles. The standard InChI is InChI=1S/C16H26FNO2/c1-16(2,8-9-18-3)7-6-12-10-14(19-4)15(20-5)11-13(12)17/h10-11,18H,6-9H2,1-5H3. The van der Waals surface area contributed by atoms with Crippen molar-refractivity contribution >= 4 is 0 Å². The summed E-state index contributed by atoms with van der Waals surface area (Å²) in [7, 11) is 5.03. The van der Waals surface area contributed by atoms with Gasteiger partial charge in [0.1, 0.15) is 5.82 Å². The van der Waals surface area contributed by atoms with Crippen molar-refractivity contribution < 1.29 is 13.9 Å².